The molecule has 0 radical (unpaired) electrons. The predicted molar refractivity (Wildman–Crippen MR) is 73.3 cm³/mol. The van der Waals surface area contributed by atoms with Gasteiger partial charge in [-0.15, -0.1) is 0 Å². The van der Waals surface area contributed by atoms with E-state index >= 15 is 0 Å². The number of methoxy groups -OCH3 is 1. The molecule has 0 rings (SSSR count). The number of carbonyl (C=O) groups is 1. The van der Waals surface area contributed by atoms with Crippen LogP contribution >= 0.6 is 0 Å². The summed E-state index contributed by atoms with van der Waals surface area (Å²) in [6.07, 6.45) is 7.89. The van der Waals surface area contributed by atoms with Crippen LogP contribution in [0.5, 0.6) is 0 Å². The van der Waals surface area contributed by atoms with Crippen LogP contribution in [-0.4, -0.2) is 36.5 Å². The monoisotopic (exact) mass is 260 g/mol. The van der Waals surface area contributed by atoms with E-state index < -0.39 is 0 Å². The van der Waals surface area contributed by atoms with Crippen LogP contribution in [0.2, 0.25) is 0 Å². The molecule has 0 aromatic heterocycles. The average Bonchev–Trinajstić information content (AvgIpc) is 2.37. The van der Waals surface area contributed by atoms with E-state index in [1.54, 1.807) is 6.92 Å². The summed E-state index contributed by atoms with van der Waals surface area (Å²) in [6.45, 7) is 5.61. The molecule has 2 N–H and O–H groups in total. The van der Waals surface area contributed by atoms with Gasteiger partial charge in [-0.1, -0.05) is 38.7 Å². The Morgan fingerprint density at radius 1 is 0.944 bits per heavy atom. The number of hydrogen-bond donors (Lipinski definition) is 2. The first-order chi connectivity index (χ1) is 8.59. The Morgan fingerprint density at radius 2 is 1.28 bits per heavy atom. The molecule has 0 fully saturated rings. The first kappa shape index (κ1) is 19.5. The highest BCUT2D eigenvalue weighted by Gasteiger charge is 1.95. The van der Waals surface area contributed by atoms with Crippen LogP contribution in [0.1, 0.15) is 51.9 Å². The Bertz CT molecular complexity index is 194. The molecule has 0 saturated carbocycles. The third-order valence-electron chi connectivity index (χ3n) is 2.35. The highest BCUT2D eigenvalue weighted by atomic mass is 16.5. The molecule has 4 heteroatoms. The summed E-state index contributed by atoms with van der Waals surface area (Å²) in [4.78, 5) is 10.2. The van der Waals surface area contributed by atoms with Crippen molar-refractivity contribution < 1.29 is 19.7 Å². The zero-order valence-electron chi connectivity index (χ0n) is 11.8. The highest BCUT2D eigenvalue weighted by Crippen LogP contribution is 2.06. The highest BCUT2D eigenvalue weighted by molar-refractivity contribution is 5.86. The number of unbranched alkanes of at least 4 members (excludes halogenated alkanes) is 6. The molecule has 0 bridgehead atoms. The van der Waals surface area contributed by atoms with Crippen molar-refractivity contribution in [3.63, 3.8) is 0 Å². The molecule has 0 unspecified atom stereocenters. The van der Waals surface area contributed by atoms with E-state index in [1.165, 1.54) is 26.4 Å². The van der Waals surface area contributed by atoms with Gasteiger partial charge in [0.2, 0.25) is 0 Å². The van der Waals surface area contributed by atoms with Crippen molar-refractivity contribution in [3.05, 3.63) is 12.2 Å². The smallest absolute Gasteiger partial charge is 0.332 e. The summed E-state index contributed by atoms with van der Waals surface area (Å²) >= 11 is 0. The van der Waals surface area contributed by atoms with Crippen LogP contribution in [0.15, 0.2) is 12.2 Å². The van der Waals surface area contributed by atoms with Crippen molar-refractivity contribution in [2.45, 2.75) is 51.9 Å². The molecule has 0 amide bonds. The van der Waals surface area contributed by atoms with Gasteiger partial charge in [0.25, 0.3) is 0 Å². The van der Waals surface area contributed by atoms with Crippen molar-refractivity contribution >= 4 is 5.97 Å². The van der Waals surface area contributed by atoms with Gasteiger partial charge in [0.05, 0.1) is 7.11 Å². The van der Waals surface area contributed by atoms with Gasteiger partial charge in [-0.25, -0.2) is 4.79 Å². The summed E-state index contributed by atoms with van der Waals surface area (Å²) in [6, 6.07) is 0. The van der Waals surface area contributed by atoms with Crippen molar-refractivity contribution in [1.29, 1.82) is 0 Å². The van der Waals surface area contributed by atoms with E-state index in [1.807, 2.05) is 0 Å². The van der Waals surface area contributed by atoms with E-state index in [4.69, 9.17) is 10.2 Å². The second kappa shape index (κ2) is 16.1. The zero-order valence-corrected chi connectivity index (χ0v) is 11.8. The summed E-state index contributed by atoms with van der Waals surface area (Å²) in [5.41, 5.74) is 0.433. The molecule has 108 valence electrons. The molecule has 18 heavy (non-hydrogen) atoms. The van der Waals surface area contributed by atoms with Crippen LogP contribution in [0, 0.1) is 0 Å². The van der Waals surface area contributed by atoms with Crippen LogP contribution in [0.4, 0.5) is 0 Å². The fourth-order valence-electron chi connectivity index (χ4n) is 1.28. The molecular formula is C14H28O4. The van der Waals surface area contributed by atoms with E-state index in [9.17, 15) is 4.79 Å². The van der Waals surface area contributed by atoms with Crippen molar-refractivity contribution in [1.82, 2.24) is 0 Å². The number of carbonyl (C=O) groups excluding carboxylic acids is 1. The zero-order chi connectivity index (χ0) is 14.2. The molecule has 0 saturated heterocycles. The van der Waals surface area contributed by atoms with Crippen molar-refractivity contribution in [3.8, 4) is 0 Å². The molecule has 0 aliphatic carbocycles. The van der Waals surface area contributed by atoms with Crippen molar-refractivity contribution in [2.24, 2.45) is 0 Å². The van der Waals surface area contributed by atoms with E-state index in [0.717, 1.165) is 25.7 Å². The molecule has 0 heterocycles. The molecular weight excluding hydrogens is 232 g/mol. The second-order valence-corrected chi connectivity index (χ2v) is 4.19. The van der Waals surface area contributed by atoms with Gasteiger partial charge in [0, 0.05) is 18.8 Å². The van der Waals surface area contributed by atoms with Crippen LogP contribution in [0.25, 0.3) is 0 Å². The normalized spacial score (nSPS) is 9.33. The van der Waals surface area contributed by atoms with Gasteiger partial charge >= 0.3 is 5.97 Å². The summed E-state index contributed by atoms with van der Waals surface area (Å²) < 4.78 is 4.27. The topological polar surface area (TPSA) is 66.8 Å². The third-order valence-corrected chi connectivity index (χ3v) is 2.35. The number of ether oxygens (including phenoxy) is 1. The first-order valence-electron chi connectivity index (χ1n) is 6.55. The Labute approximate surface area is 111 Å². The number of rotatable bonds is 9. The maximum Gasteiger partial charge on any atom is 0.332 e. The molecule has 0 aliphatic heterocycles. The Hall–Kier alpha value is -0.870. The van der Waals surface area contributed by atoms with Gasteiger partial charge in [-0.3, -0.25) is 0 Å². The molecule has 0 aromatic carbocycles. The number of aliphatic hydroxyl groups excluding tert-OH is 2. The summed E-state index contributed by atoms with van der Waals surface area (Å²) in [7, 11) is 1.33. The fraction of sp³-hybridized carbons (Fsp3) is 0.786. The van der Waals surface area contributed by atoms with E-state index in [-0.39, 0.29) is 5.97 Å². The third kappa shape index (κ3) is 17.5. The number of aliphatic hydroxyl groups is 2. The molecule has 0 atom stereocenters. The minimum Gasteiger partial charge on any atom is -0.466 e. The Balaban J connectivity index is 0. The Morgan fingerprint density at radius 3 is 1.44 bits per heavy atom. The SMILES string of the molecule is C=C(C)C(=O)OC.OCCCCCCCCCO. The van der Waals surface area contributed by atoms with Gasteiger partial charge in [-0.2, -0.15) is 0 Å². The minimum absolute atomic E-state index is 0.330. The lowest BCUT2D eigenvalue weighted by atomic mass is 10.1. The minimum atomic E-state index is -0.347. The van der Waals surface area contributed by atoms with E-state index in [0.29, 0.717) is 18.8 Å². The average molecular weight is 260 g/mol. The largest absolute Gasteiger partial charge is 0.466 e. The molecule has 0 aliphatic rings. The fourth-order valence-corrected chi connectivity index (χ4v) is 1.28. The van der Waals surface area contributed by atoms with Crippen LogP contribution in [-0.2, 0) is 9.53 Å². The standard InChI is InChI=1S/C9H20O2.C5H8O2/c10-8-6-4-2-1-3-5-7-9-11;1-4(2)5(6)7-3/h10-11H,1-9H2;1H2,2-3H3. The first-order valence-corrected chi connectivity index (χ1v) is 6.55. The Kier molecular flexibility index (Phi) is 17.4. The lowest BCUT2D eigenvalue weighted by Crippen LogP contribution is -1.98. The second-order valence-electron chi connectivity index (χ2n) is 4.19. The number of hydrogen-bond acceptors (Lipinski definition) is 4. The molecule has 0 aromatic rings. The van der Waals surface area contributed by atoms with Gasteiger partial charge in [0.15, 0.2) is 0 Å². The maximum atomic E-state index is 10.2. The maximum absolute atomic E-state index is 10.2. The lowest BCUT2D eigenvalue weighted by Gasteiger charge is -1.98. The molecule has 0 spiro atoms. The molecule has 4 nitrogen and oxygen atoms in total. The summed E-state index contributed by atoms with van der Waals surface area (Å²) in [5.74, 6) is -0.347. The quantitative estimate of drug-likeness (QED) is 0.379. The summed E-state index contributed by atoms with van der Waals surface area (Å²) in [5, 5.41) is 16.9. The van der Waals surface area contributed by atoms with Crippen LogP contribution in [0.3, 0.4) is 0 Å². The van der Waals surface area contributed by atoms with E-state index in [2.05, 4.69) is 11.3 Å². The predicted octanol–water partition coefficient (Wildman–Crippen LogP) is 2.44. The van der Waals surface area contributed by atoms with Gasteiger partial charge in [-0.05, 0) is 19.8 Å². The van der Waals surface area contributed by atoms with Crippen LogP contribution < -0.4 is 0 Å². The van der Waals surface area contributed by atoms with Crippen molar-refractivity contribution in [2.75, 3.05) is 20.3 Å². The van der Waals surface area contributed by atoms with Gasteiger partial charge in [0.1, 0.15) is 0 Å². The lowest BCUT2D eigenvalue weighted by molar-refractivity contribution is -0.136. The number of esters is 1. The van der Waals surface area contributed by atoms with Gasteiger partial charge < -0.3 is 14.9 Å².